The van der Waals surface area contributed by atoms with Crippen LogP contribution in [-0.4, -0.2) is 35.0 Å². The molecule has 1 aliphatic heterocycles. The summed E-state index contributed by atoms with van der Waals surface area (Å²) in [5, 5.41) is 11.4. The highest BCUT2D eigenvalue weighted by atomic mass is 32.1. The van der Waals surface area contributed by atoms with Gasteiger partial charge in [0.25, 0.3) is 0 Å². The second-order valence-corrected chi connectivity index (χ2v) is 7.01. The number of likely N-dealkylation sites (tertiary alicyclic amines) is 1. The predicted molar refractivity (Wildman–Crippen MR) is 89.5 cm³/mol. The molecule has 24 heavy (non-hydrogen) atoms. The molecule has 1 saturated heterocycles. The minimum atomic E-state index is -0.919. The lowest BCUT2D eigenvalue weighted by Crippen LogP contribution is -2.30. The molecule has 1 aliphatic rings. The van der Waals surface area contributed by atoms with Crippen LogP contribution in [0.2, 0.25) is 0 Å². The number of aliphatic carboxylic acids is 1. The molecule has 1 fully saturated rings. The largest absolute Gasteiger partial charge is 0.481 e. The Morgan fingerprint density at radius 3 is 2.58 bits per heavy atom. The fourth-order valence-electron chi connectivity index (χ4n) is 3.15. The quantitative estimate of drug-likeness (QED) is 0.904. The van der Waals surface area contributed by atoms with Crippen LogP contribution in [0.4, 0.5) is 4.39 Å². The Morgan fingerprint density at radius 2 is 1.96 bits per heavy atom. The number of carboxylic acid groups (broad SMARTS) is 1. The third kappa shape index (κ3) is 3.64. The van der Waals surface area contributed by atoms with Gasteiger partial charge in [-0.05, 0) is 35.6 Å². The Kier molecular flexibility index (Phi) is 4.94. The highest BCUT2D eigenvalue weighted by Crippen LogP contribution is 2.33. The molecule has 6 heteroatoms. The number of amides is 1. The average Bonchev–Trinajstić information content (AvgIpc) is 3.23. The molecule has 2 heterocycles. The maximum atomic E-state index is 13.1. The zero-order valence-corrected chi connectivity index (χ0v) is 13.8. The summed E-state index contributed by atoms with van der Waals surface area (Å²) in [5.41, 5.74) is 0.761. The van der Waals surface area contributed by atoms with E-state index in [2.05, 4.69) is 0 Å². The van der Waals surface area contributed by atoms with Crippen LogP contribution in [-0.2, 0) is 16.0 Å². The molecule has 0 bridgehead atoms. The number of carboxylic acids is 1. The van der Waals surface area contributed by atoms with Crippen LogP contribution in [0, 0.1) is 11.7 Å². The topological polar surface area (TPSA) is 57.6 Å². The van der Waals surface area contributed by atoms with E-state index in [-0.39, 0.29) is 24.2 Å². The first-order valence-electron chi connectivity index (χ1n) is 7.83. The molecule has 4 nitrogen and oxygen atoms in total. The molecule has 0 unspecified atom stereocenters. The van der Waals surface area contributed by atoms with Crippen molar-refractivity contribution in [3.63, 3.8) is 0 Å². The lowest BCUT2D eigenvalue weighted by molar-refractivity contribution is -0.141. The number of carbonyl (C=O) groups is 2. The number of hydrogen-bond donors (Lipinski definition) is 1. The van der Waals surface area contributed by atoms with Crippen molar-refractivity contribution in [2.45, 2.75) is 18.8 Å². The van der Waals surface area contributed by atoms with Crippen molar-refractivity contribution >= 4 is 23.2 Å². The number of carbonyl (C=O) groups excluding carboxylic acids is 1. The van der Waals surface area contributed by atoms with Crippen LogP contribution < -0.4 is 0 Å². The lowest BCUT2D eigenvalue weighted by Gasteiger charge is -2.16. The van der Waals surface area contributed by atoms with E-state index in [1.165, 1.54) is 12.1 Å². The van der Waals surface area contributed by atoms with Gasteiger partial charge >= 0.3 is 5.97 Å². The van der Waals surface area contributed by atoms with E-state index in [0.29, 0.717) is 19.4 Å². The van der Waals surface area contributed by atoms with Gasteiger partial charge in [0.1, 0.15) is 5.82 Å². The van der Waals surface area contributed by atoms with Gasteiger partial charge in [-0.1, -0.05) is 18.2 Å². The van der Waals surface area contributed by atoms with Gasteiger partial charge in [-0.2, -0.15) is 0 Å². The van der Waals surface area contributed by atoms with Crippen LogP contribution in [0.25, 0.3) is 0 Å². The van der Waals surface area contributed by atoms with Crippen LogP contribution in [0.15, 0.2) is 41.8 Å². The summed E-state index contributed by atoms with van der Waals surface area (Å²) in [7, 11) is 0. The molecular formula is C18H18FNO3S. The summed E-state index contributed by atoms with van der Waals surface area (Å²) in [6, 6.07) is 9.81. The van der Waals surface area contributed by atoms with E-state index >= 15 is 0 Å². The number of rotatable bonds is 5. The molecule has 1 aromatic carbocycles. The molecule has 0 spiro atoms. The van der Waals surface area contributed by atoms with Crippen LogP contribution in [0.1, 0.15) is 22.8 Å². The Labute approximate surface area is 143 Å². The first-order chi connectivity index (χ1) is 11.5. The van der Waals surface area contributed by atoms with Crippen LogP contribution in [0.3, 0.4) is 0 Å². The van der Waals surface area contributed by atoms with Crippen molar-refractivity contribution in [3.05, 3.63) is 58.0 Å². The zero-order chi connectivity index (χ0) is 17.1. The fourth-order valence-corrected chi connectivity index (χ4v) is 3.86. The lowest BCUT2D eigenvalue weighted by atomic mass is 9.89. The molecule has 0 aliphatic carbocycles. The number of halogens is 1. The standard InChI is InChI=1S/C18H18FNO3S/c19-13-5-3-12(4-6-13)15-10-20(11-16(15)18(22)23)17(21)8-7-14-2-1-9-24-14/h1-6,9,15-16H,7-8,10-11H2,(H,22,23)/t15-,16+/m0/s1. The molecular weight excluding hydrogens is 329 g/mol. The minimum Gasteiger partial charge on any atom is -0.481 e. The molecule has 0 saturated carbocycles. The van der Waals surface area contributed by atoms with Crippen LogP contribution >= 0.6 is 11.3 Å². The minimum absolute atomic E-state index is 0.0285. The molecule has 0 radical (unpaired) electrons. The van der Waals surface area contributed by atoms with Gasteiger partial charge in [0.2, 0.25) is 5.91 Å². The third-order valence-electron chi connectivity index (χ3n) is 4.45. The van der Waals surface area contributed by atoms with E-state index in [1.54, 1.807) is 28.4 Å². The fraction of sp³-hybridized carbons (Fsp3) is 0.333. The van der Waals surface area contributed by atoms with Gasteiger partial charge < -0.3 is 10.0 Å². The third-order valence-corrected chi connectivity index (χ3v) is 5.39. The number of hydrogen-bond acceptors (Lipinski definition) is 3. The molecule has 2 aromatic rings. The number of benzene rings is 1. The van der Waals surface area contributed by atoms with E-state index < -0.39 is 11.9 Å². The Hall–Kier alpha value is -2.21. The number of nitrogens with zero attached hydrogens (tertiary/aromatic N) is 1. The van der Waals surface area contributed by atoms with Gasteiger partial charge in [0.05, 0.1) is 5.92 Å². The smallest absolute Gasteiger partial charge is 0.308 e. The van der Waals surface area contributed by atoms with Crippen LogP contribution in [0.5, 0.6) is 0 Å². The SMILES string of the molecule is O=C(O)[C@@H]1CN(C(=O)CCc2cccs2)C[C@H]1c1ccc(F)cc1. The summed E-state index contributed by atoms with van der Waals surface area (Å²) in [5.74, 6) is -2.25. The first kappa shape index (κ1) is 16.6. The highest BCUT2D eigenvalue weighted by molar-refractivity contribution is 7.09. The summed E-state index contributed by atoms with van der Waals surface area (Å²) >= 11 is 1.61. The molecule has 3 rings (SSSR count). The van der Waals surface area contributed by atoms with E-state index in [9.17, 15) is 19.1 Å². The van der Waals surface area contributed by atoms with Gasteiger partial charge in [-0.15, -0.1) is 11.3 Å². The molecule has 2 atom stereocenters. The van der Waals surface area contributed by atoms with E-state index in [1.807, 2.05) is 17.5 Å². The number of aryl methyl sites for hydroxylation is 1. The van der Waals surface area contributed by atoms with Crippen molar-refractivity contribution in [3.8, 4) is 0 Å². The predicted octanol–water partition coefficient (Wildman–Crippen LogP) is 3.15. The van der Waals surface area contributed by atoms with Gasteiger partial charge in [0.15, 0.2) is 0 Å². The molecule has 126 valence electrons. The second-order valence-electron chi connectivity index (χ2n) is 5.98. The first-order valence-corrected chi connectivity index (χ1v) is 8.71. The number of thiophene rings is 1. The van der Waals surface area contributed by atoms with Crippen molar-refractivity contribution in [2.75, 3.05) is 13.1 Å². The van der Waals surface area contributed by atoms with Gasteiger partial charge in [-0.3, -0.25) is 9.59 Å². The summed E-state index contributed by atoms with van der Waals surface area (Å²) < 4.78 is 13.1. The normalized spacial score (nSPS) is 20.3. The summed E-state index contributed by atoms with van der Waals surface area (Å²) in [4.78, 5) is 26.7. The van der Waals surface area contributed by atoms with Crippen molar-refractivity contribution in [2.24, 2.45) is 5.92 Å². The maximum absolute atomic E-state index is 13.1. The zero-order valence-electron chi connectivity index (χ0n) is 13.0. The monoisotopic (exact) mass is 347 g/mol. The van der Waals surface area contributed by atoms with E-state index in [0.717, 1.165) is 10.4 Å². The Morgan fingerprint density at radius 1 is 1.21 bits per heavy atom. The average molecular weight is 347 g/mol. The highest BCUT2D eigenvalue weighted by Gasteiger charge is 2.40. The Bertz CT molecular complexity index is 714. The van der Waals surface area contributed by atoms with E-state index in [4.69, 9.17) is 0 Å². The Balaban J connectivity index is 1.68. The second kappa shape index (κ2) is 7.13. The molecule has 1 aromatic heterocycles. The van der Waals surface area contributed by atoms with Crippen molar-refractivity contribution < 1.29 is 19.1 Å². The molecule has 1 amide bonds. The van der Waals surface area contributed by atoms with Gasteiger partial charge in [0, 0.05) is 30.3 Å². The van der Waals surface area contributed by atoms with Crippen molar-refractivity contribution in [1.29, 1.82) is 0 Å². The maximum Gasteiger partial charge on any atom is 0.308 e. The molecule has 1 N–H and O–H groups in total. The summed E-state index contributed by atoms with van der Waals surface area (Å²) in [6.45, 7) is 0.576. The van der Waals surface area contributed by atoms with Crippen molar-refractivity contribution in [1.82, 2.24) is 4.90 Å². The summed E-state index contributed by atoms with van der Waals surface area (Å²) in [6.07, 6.45) is 1.05. The van der Waals surface area contributed by atoms with Gasteiger partial charge in [-0.25, -0.2) is 4.39 Å².